The molecule has 0 aromatic carbocycles. The van der Waals surface area contributed by atoms with Gasteiger partial charge in [0.15, 0.2) is 0 Å². The van der Waals surface area contributed by atoms with E-state index in [1.807, 2.05) is 0 Å². The Labute approximate surface area is 85.0 Å². The van der Waals surface area contributed by atoms with Crippen molar-refractivity contribution in [3.05, 3.63) is 0 Å². The summed E-state index contributed by atoms with van der Waals surface area (Å²) in [6, 6.07) is 0. The fraction of sp³-hybridized carbons (Fsp3) is 0.900. The second kappa shape index (κ2) is 4.28. The molecular weight excluding hydrogens is 178 g/mol. The summed E-state index contributed by atoms with van der Waals surface area (Å²) in [7, 11) is 0. The minimum atomic E-state index is -0.119. The molecule has 0 aromatic rings. The van der Waals surface area contributed by atoms with E-state index in [2.05, 4.69) is 10.0 Å². The summed E-state index contributed by atoms with van der Waals surface area (Å²) in [6.07, 6.45) is 4.50. The largest absolute Gasteiger partial charge is 0.369 e. The van der Waals surface area contributed by atoms with Crippen LogP contribution in [-0.2, 0) is 4.79 Å². The Balaban J connectivity index is 1.80. The molecule has 2 N–H and O–H groups in total. The van der Waals surface area contributed by atoms with Gasteiger partial charge in [0.05, 0.1) is 0 Å². The van der Waals surface area contributed by atoms with Crippen LogP contribution in [0.4, 0.5) is 0 Å². The number of nitrogens with two attached hydrogens (primary N) is 1. The van der Waals surface area contributed by atoms with Crippen LogP contribution in [0.15, 0.2) is 0 Å². The third-order valence-corrected chi connectivity index (χ3v) is 3.36. The van der Waals surface area contributed by atoms with Crippen molar-refractivity contribution in [1.29, 1.82) is 0 Å². The van der Waals surface area contributed by atoms with Crippen LogP contribution in [0, 0.1) is 5.92 Å². The maximum atomic E-state index is 11.0. The first-order valence-corrected chi connectivity index (χ1v) is 5.56. The number of rotatable bonds is 2. The lowest BCUT2D eigenvalue weighted by Crippen LogP contribution is -2.47. The molecule has 2 aliphatic heterocycles. The summed E-state index contributed by atoms with van der Waals surface area (Å²) in [5, 5.41) is 4.82. The van der Waals surface area contributed by atoms with Crippen molar-refractivity contribution in [2.45, 2.75) is 25.7 Å². The highest BCUT2D eigenvalue weighted by Gasteiger charge is 2.27. The molecule has 0 aromatic heterocycles. The van der Waals surface area contributed by atoms with Gasteiger partial charge >= 0.3 is 0 Å². The van der Waals surface area contributed by atoms with Crippen LogP contribution < -0.4 is 5.73 Å². The number of hydrogen-bond acceptors (Lipinski definition) is 3. The molecule has 2 heterocycles. The molecule has 2 fully saturated rings. The molecule has 2 saturated heterocycles. The first kappa shape index (κ1) is 9.93. The first-order valence-electron chi connectivity index (χ1n) is 5.56. The summed E-state index contributed by atoms with van der Waals surface area (Å²) in [5.74, 6) is -0.0000694. The summed E-state index contributed by atoms with van der Waals surface area (Å²) in [6.45, 7) is 4.41. The molecule has 80 valence electrons. The maximum absolute atomic E-state index is 11.0. The number of carbonyl (C=O) groups is 1. The van der Waals surface area contributed by atoms with Crippen LogP contribution in [0.1, 0.15) is 25.7 Å². The predicted molar refractivity (Wildman–Crippen MR) is 54.3 cm³/mol. The minimum Gasteiger partial charge on any atom is -0.369 e. The molecule has 14 heavy (non-hydrogen) atoms. The van der Waals surface area contributed by atoms with Gasteiger partial charge in [0, 0.05) is 32.1 Å². The molecule has 1 amide bonds. The smallest absolute Gasteiger partial charge is 0.220 e. The summed E-state index contributed by atoms with van der Waals surface area (Å²) in [4.78, 5) is 11.0. The van der Waals surface area contributed by atoms with Crippen molar-refractivity contribution in [2.24, 2.45) is 11.7 Å². The molecule has 0 radical (unpaired) electrons. The number of nitrogens with zero attached hydrogens (tertiary/aromatic N) is 2. The van der Waals surface area contributed by atoms with E-state index in [0.29, 0.717) is 0 Å². The zero-order valence-electron chi connectivity index (χ0n) is 8.61. The number of hydrazine groups is 1. The Morgan fingerprint density at radius 1 is 1.00 bits per heavy atom. The van der Waals surface area contributed by atoms with Gasteiger partial charge in [-0.15, -0.1) is 0 Å². The van der Waals surface area contributed by atoms with Gasteiger partial charge in [-0.3, -0.25) is 4.79 Å². The van der Waals surface area contributed by atoms with E-state index < -0.39 is 0 Å². The lowest BCUT2D eigenvalue weighted by molar-refractivity contribution is -0.125. The summed E-state index contributed by atoms with van der Waals surface area (Å²) >= 11 is 0. The Hall–Kier alpha value is -0.610. The van der Waals surface area contributed by atoms with Crippen molar-refractivity contribution >= 4 is 5.91 Å². The Morgan fingerprint density at radius 2 is 1.50 bits per heavy atom. The van der Waals surface area contributed by atoms with Crippen molar-refractivity contribution in [3.8, 4) is 0 Å². The highest BCUT2D eigenvalue weighted by molar-refractivity contribution is 5.76. The lowest BCUT2D eigenvalue weighted by Gasteiger charge is -2.36. The highest BCUT2D eigenvalue weighted by atomic mass is 16.1. The van der Waals surface area contributed by atoms with Crippen LogP contribution in [0.3, 0.4) is 0 Å². The topological polar surface area (TPSA) is 49.6 Å². The van der Waals surface area contributed by atoms with Gasteiger partial charge in [-0.2, -0.15) is 0 Å². The summed E-state index contributed by atoms with van der Waals surface area (Å²) < 4.78 is 0. The van der Waals surface area contributed by atoms with Gasteiger partial charge in [-0.05, 0) is 25.7 Å². The van der Waals surface area contributed by atoms with Crippen molar-refractivity contribution in [3.63, 3.8) is 0 Å². The fourth-order valence-electron chi connectivity index (χ4n) is 2.42. The van der Waals surface area contributed by atoms with Gasteiger partial charge in [0.2, 0.25) is 5.91 Å². The van der Waals surface area contributed by atoms with Crippen LogP contribution in [-0.4, -0.2) is 42.1 Å². The fourth-order valence-corrected chi connectivity index (χ4v) is 2.42. The zero-order chi connectivity index (χ0) is 9.97. The maximum Gasteiger partial charge on any atom is 0.220 e. The van der Waals surface area contributed by atoms with Crippen LogP contribution >= 0.6 is 0 Å². The average Bonchev–Trinajstić information content (AvgIpc) is 2.71. The quantitative estimate of drug-likeness (QED) is 0.687. The van der Waals surface area contributed by atoms with E-state index in [4.69, 9.17) is 5.73 Å². The monoisotopic (exact) mass is 197 g/mol. The average molecular weight is 197 g/mol. The van der Waals surface area contributed by atoms with Crippen molar-refractivity contribution in [2.75, 3.05) is 26.2 Å². The van der Waals surface area contributed by atoms with E-state index in [1.54, 1.807) is 0 Å². The number of primary amides is 1. The number of carbonyl (C=O) groups excluding carboxylic acids is 1. The zero-order valence-corrected chi connectivity index (χ0v) is 8.61. The Kier molecular flexibility index (Phi) is 3.03. The van der Waals surface area contributed by atoms with Gasteiger partial charge in [0.1, 0.15) is 0 Å². The SMILES string of the molecule is NC(=O)C1CCN(N2CCCC2)CC1. The van der Waals surface area contributed by atoms with Crippen LogP contribution in [0.5, 0.6) is 0 Å². The van der Waals surface area contributed by atoms with Gasteiger partial charge < -0.3 is 5.73 Å². The summed E-state index contributed by atoms with van der Waals surface area (Å²) in [5.41, 5.74) is 5.30. The lowest BCUT2D eigenvalue weighted by atomic mass is 9.97. The van der Waals surface area contributed by atoms with Gasteiger partial charge in [-0.1, -0.05) is 0 Å². The van der Waals surface area contributed by atoms with E-state index in [1.165, 1.54) is 25.9 Å². The molecule has 2 rings (SSSR count). The molecule has 0 atom stereocenters. The third kappa shape index (κ3) is 2.07. The number of amides is 1. The Morgan fingerprint density at radius 3 is 2.00 bits per heavy atom. The molecule has 0 bridgehead atoms. The van der Waals surface area contributed by atoms with E-state index in [0.717, 1.165) is 25.9 Å². The van der Waals surface area contributed by atoms with E-state index >= 15 is 0 Å². The number of hydrogen-bond donors (Lipinski definition) is 1. The first-order chi connectivity index (χ1) is 6.77. The second-order valence-corrected chi connectivity index (χ2v) is 4.29. The number of piperidine rings is 1. The molecular formula is C10H19N3O. The van der Waals surface area contributed by atoms with Crippen LogP contribution in [0.25, 0.3) is 0 Å². The molecule has 0 aliphatic carbocycles. The molecule has 0 unspecified atom stereocenters. The van der Waals surface area contributed by atoms with E-state index in [9.17, 15) is 4.79 Å². The molecule has 2 aliphatic rings. The molecule has 4 nitrogen and oxygen atoms in total. The van der Waals surface area contributed by atoms with Gasteiger partial charge in [-0.25, -0.2) is 10.0 Å². The third-order valence-electron chi connectivity index (χ3n) is 3.36. The molecule has 4 heteroatoms. The Bertz CT molecular complexity index is 205. The molecule has 0 saturated carbocycles. The predicted octanol–water partition coefficient (Wildman–Crippen LogP) is 0.194. The normalized spacial score (nSPS) is 26.9. The minimum absolute atomic E-state index is 0.119. The molecule has 0 spiro atoms. The van der Waals surface area contributed by atoms with Crippen LogP contribution in [0.2, 0.25) is 0 Å². The van der Waals surface area contributed by atoms with E-state index in [-0.39, 0.29) is 11.8 Å². The van der Waals surface area contributed by atoms with Gasteiger partial charge in [0.25, 0.3) is 0 Å². The van der Waals surface area contributed by atoms with Crippen molar-refractivity contribution < 1.29 is 4.79 Å². The standard InChI is InChI=1S/C10H19N3O/c11-10(14)9-3-7-13(8-4-9)12-5-1-2-6-12/h9H,1-8H2,(H2,11,14). The van der Waals surface area contributed by atoms with Crippen molar-refractivity contribution in [1.82, 2.24) is 10.0 Å². The second-order valence-electron chi connectivity index (χ2n) is 4.29. The highest BCUT2D eigenvalue weighted by Crippen LogP contribution is 2.20.